The Morgan fingerprint density at radius 3 is 2.72 bits per heavy atom. The van der Waals surface area contributed by atoms with Gasteiger partial charge in [0.15, 0.2) is 0 Å². The number of nitrogen functional groups attached to an aromatic ring is 1. The van der Waals surface area contributed by atoms with E-state index in [1.54, 1.807) is 16.8 Å². The van der Waals surface area contributed by atoms with Crippen molar-refractivity contribution in [2.24, 2.45) is 0 Å². The molecule has 0 saturated carbocycles. The largest absolute Gasteiger partial charge is 0.476 e. The third-order valence-corrected chi connectivity index (χ3v) is 5.28. The molecule has 0 spiro atoms. The normalized spacial score (nSPS) is 16.4. The number of pyridine rings is 1. The summed E-state index contributed by atoms with van der Waals surface area (Å²) in [6.07, 6.45) is -2.83. The van der Waals surface area contributed by atoms with E-state index < -0.39 is 23.5 Å². The maximum Gasteiger partial charge on any atom is 0.416 e. The number of halogens is 3. The second-order valence-corrected chi connectivity index (χ2v) is 7.28. The highest BCUT2D eigenvalue weighted by atomic mass is 19.4. The van der Waals surface area contributed by atoms with Crippen LogP contribution in [0.25, 0.3) is 16.7 Å². The number of aromatic nitrogens is 4. The Hall–Kier alpha value is -3.86. The predicted octanol–water partition coefficient (Wildman–Crippen LogP) is 2.78. The number of rotatable bonds is 2. The van der Waals surface area contributed by atoms with Gasteiger partial charge in [0.25, 0.3) is 0 Å². The second kappa shape index (κ2) is 7.38. The van der Waals surface area contributed by atoms with Crippen LogP contribution in [0.2, 0.25) is 0 Å². The number of fused-ring (bicyclic) bond motifs is 2. The van der Waals surface area contributed by atoms with Gasteiger partial charge in [-0.3, -0.25) is 9.55 Å². The van der Waals surface area contributed by atoms with Gasteiger partial charge in [-0.1, -0.05) is 0 Å². The van der Waals surface area contributed by atoms with E-state index in [0.717, 1.165) is 17.5 Å². The van der Waals surface area contributed by atoms with Crippen LogP contribution >= 0.6 is 0 Å². The average molecular weight is 442 g/mol. The molecule has 1 aliphatic heterocycles. The van der Waals surface area contributed by atoms with Gasteiger partial charge in [0.2, 0.25) is 5.88 Å². The SMILES string of the molecule is Nc1[nH]c(=O)nc2c1C(c1cc3cccnc3n1-c1ccc(C(F)(F)F)cc1)NCCO2. The van der Waals surface area contributed by atoms with Crippen molar-refractivity contribution in [3.63, 3.8) is 0 Å². The number of H-pyrrole nitrogens is 1. The maximum atomic E-state index is 13.1. The predicted molar refractivity (Wildman–Crippen MR) is 111 cm³/mol. The quantitative estimate of drug-likeness (QED) is 0.440. The molecule has 1 unspecified atom stereocenters. The minimum Gasteiger partial charge on any atom is -0.476 e. The molecule has 1 aliphatic rings. The zero-order valence-corrected chi connectivity index (χ0v) is 16.5. The first-order valence-electron chi connectivity index (χ1n) is 9.73. The van der Waals surface area contributed by atoms with Gasteiger partial charge in [0, 0.05) is 29.5 Å². The third-order valence-electron chi connectivity index (χ3n) is 5.28. The van der Waals surface area contributed by atoms with Crippen LogP contribution in [0.15, 0.2) is 53.5 Å². The Morgan fingerprint density at radius 2 is 1.97 bits per heavy atom. The number of ether oxygens (including phenoxy) is 1. The van der Waals surface area contributed by atoms with Gasteiger partial charge in [0.05, 0.1) is 17.2 Å². The molecule has 4 N–H and O–H groups in total. The highest BCUT2D eigenvalue weighted by molar-refractivity contribution is 5.80. The number of hydrogen-bond acceptors (Lipinski definition) is 6. The third kappa shape index (κ3) is 3.36. The molecule has 4 aromatic rings. The summed E-state index contributed by atoms with van der Waals surface area (Å²) in [5.41, 5.74) is 6.90. The number of hydrogen-bond donors (Lipinski definition) is 3. The lowest BCUT2D eigenvalue weighted by molar-refractivity contribution is -0.137. The van der Waals surface area contributed by atoms with E-state index in [1.807, 2.05) is 12.1 Å². The second-order valence-electron chi connectivity index (χ2n) is 7.28. The molecule has 0 fully saturated rings. The first kappa shape index (κ1) is 20.1. The van der Waals surface area contributed by atoms with Gasteiger partial charge in [-0.05, 0) is 42.5 Å². The zero-order chi connectivity index (χ0) is 22.5. The standard InChI is InChI=1S/C21H17F3N6O2/c22-21(23,24)12-3-5-13(6-4-12)30-14(10-11-2-1-7-27-18(11)30)16-15-17(25)28-20(31)29-19(15)32-9-8-26-16/h1-7,10,16,26H,8-9H2,(H3,25,28,29,31). The highest BCUT2D eigenvalue weighted by Crippen LogP contribution is 2.37. The topological polar surface area (TPSA) is 111 Å². The van der Waals surface area contributed by atoms with Gasteiger partial charge in [-0.25, -0.2) is 9.78 Å². The van der Waals surface area contributed by atoms with E-state index in [9.17, 15) is 18.0 Å². The van der Waals surface area contributed by atoms with Gasteiger partial charge in [0.1, 0.15) is 18.1 Å². The van der Waals surface area contributed by atoms with Gasteiger partial charge in [-0.15, -0.1) is 0 Å². The Bertz CT molecular complexity index is 1360. The summed E-state index contributed by atoms with van der Waals surface area (Å²) in [7, 11) is 0. The van der Waals surface area contributed by atoms with E-state index in [1.165, 1.54) is 12.1 Å². The summed E-state index contributed by atoms with van der Waals surface area (Å²) in [5, 5.41) is 4.11. The fraction of sp³-hybridized carbons (Fsp3) is 0.190. The minimum atomic E-state index is -4.44. The number of aromatic amines is 1. The minimum absolute atomic E-state index is 0.0941. The smallest absolute Gasteiger partial charge is 0.416 e. The fourth-order valence-electron chi connectivity index (χ4n) is 3.91. The molecule has 0 aliphatic carbocycles. The molecule has 8 nitrogen and oxygen atoms in total. The Labute approximate surface area is 178 Å². The molecule has 4 heterocycles. The number of nitrogens with two attached hydrogens (primary N) is 1. The first-order chi connectivity index (χ1) is 15.3. The van der Waals surface area contributed by atoms with Gasteiger partial charge >= 0.3 is 11.9 Å². The number of alkyl halides is 3. The Balaban J connectivity index is 1.74. The monoisotopic (exact) mass is 442 g/mol. The fourth-order valence-corrected chi connectivity index (χ4v) is 3.91. The molecular weight excluding hydrogens is 425 g/mol. The molecule has 0 bridgehead atoms. The molecule has 5 rings (SSSR count). The van der Waals surface area contributed by atoms with Crippen LogP contribution in [0, 0.1) is 0 Å². The lowest BCUT2D eigenvalue weighted by Gasteiger charge is -2.21. The summed E-state index contributed by atoms with van der Waals surface area (Å²) < 4.78 is 46.6. The Kier molecular flexibility index (Phi) is 4.63. The van der Waals surface area contributed by atoms with Crippen molar-refractivity contribution in [3.8, 4) is 11.6 Å². The van der Waals surface area contributed by atoms with Crippen molar-refractivity contribution in [3.05, 3.63) is 76.0 Å². The van der Waals surface area contributed by atoms with Gasteiger partial charge in [-0.2, -0.15) is 18.2 Å². The molecule has 3 aromatic heterocycles. The lowest BCUT2D eigenvalue weighted by atomic mass is 10.0. The van der Waals surface area contributed by atoms with Crippen LogP contribution in [0.4, 0.5) is 19.0 Å². The summed E-state index contributed by atoms with van der Waals surface area (Å²) in [5.74, 6) is 0.204. The summed E-state index contributed by atoms with van der Waals surface area (Å²) in [6.45, 7) is 0.689. The van der Waals surface area contributed by atoms with Crippen LogP contribution < -0.4 is 21.5 Å². The van der Waals surface area contributed by atoms with Crippen LogP contribution in [0.1, 0.15) is 22.9 Å². The highest BCUT2D eigenvalue weighted by Gasteiger charge is 2.32. The lowest BCUT2D eigenvalue weighted by Crippen LogP contribution is -2.27. The molecule has 32 heavy (non-hydrogen) atoms. The Morgan fingerprint density at radius 1 is 1.19 bits per heavy atom. The van der Waals surface area contributed by atoms with Crippen LogP contribution in [0.3, 0.4) is 0 Å². The molecule has 1 atom stereocenters. The van der Waals surface area contributed by atoms with Crippen molar-refractivity contribution < 1.29 is 17.9 Å². The van der Waals surface area contributed by atoms with E-state index >= 15 is 0 Å². The van der Waals surface area contributed by atoms with Crippen molar-refractivity contribution in [1.82, 2.24) is 24.8 Å². The average Bonchev–Trinajstić information content (AvgIpc) is 3.00. The van der Waals surface area contributed by atoms with Gasteiger partial charge < -0.3 is 15.8 Å². The summed E-state index contributed by atoms with van der Waals surface area (Å²) in [6, 6.07) is 9.78. The summed E-state index contributed by atoms with van der Waals surface area (Å²) in [4.78, 5) is 22.6. The summed E-state index contributed by atoms with van der Waals surface area (Å²) >= 11 is 0. The molecular formula is C21H17F3N6O2. The molecule has 164 valence electrons. The van der Waals surface area contributed by atoms with Crippen molar-refractivity contribution in [2.75, 3.05) is 18.9 Å². The van der Waals surface area contributed by atoms with Crippen LogP contribution in [-0.4, -0.2) is 32.7 Å². The number of anilines is 1. The molecule has 0 saturated heterocycles. The first-order valence-corrected chi connectivity index (χ1v) is 9.73. The maximum absolute atomic E-state index is 13.1. The molecule has 0 radical (unpaired) electrons. The van der Waals surface area contributed by atoms with Crippen LogP contribution in [0.5, 0.6) is 5.88 Å². The van der Waals surface area contributed by atoms with E-state index in [4.69, 9.17) is 10.5 Å². The van der Waals surface area contributed by atoms with Crippen LogP contribution in [-0.2, 0) is 6.18 Å². The number of benzene rings is 1. The van der Waals surface area contributed by atoms with E-state index in [0.29, 0.717) is 29.1 Å². The molecule has 0 amide bonds. The van der Waals surface area contributed by atoms with E-state index in [2.05, 4.69) is 20.3 Å². The van der Waals surface area contributed by atoms with E-state index in [-0.39, 0.29) is 18.3 Å². The zero-order valence-electron chi connectivity index (χ0n) is 16.5. The molecule has 11 heteroatoms. The van der Waals surface area contributed by atoms with Crippen molar-refractivity contribution in [1.29, 1.82) is 0 Å². The van der Waals surface area contributed by atoms with Crippen molar-refractivity contribution >= 4 is 16.9 Å². The number of nitrogens with zero attached hydrogens (tertiary/aromatic N) is 3. The number of nitrogens with one attached hydrogen (secondary N) is 2. The van der Waals surface area contributed by atoms with Crippen molar-refractivity contribution in [2.45, 2.75) is 12.2 Å². The molecule has 1 aromatic carbocycles.